The van der Waals surface area contributed by atoms with Crippen LogP contribution in [0.3, 0.4) is 0 Å². The highest BCUT2D eigenvalue weighted by Gasteiger charge is 2.09. The molecule has 2 aromatic heterocycles. The molecule has 0 radical (unpaired) electrons. The van der Waals surface area contributed by atoms with Crippen LogP contribution < -0.4 is 5.32 Å². The second kappa shape index (κ2) is 8.03. The van der Waals surface area contributed by atoms with E-state index in [9.17, 15) is 0 Å². The van der Waals surface area contributed by atoms with E-state index in [1.54, 1.807) is 18.0 Å². The van der Waals surface area contributed by atoms with E-state index >= 15 is 0 Å². The van der Waals surface area contributed by atoms with Crippen molar-refractivity contribution in [1.82, 2.24) is 15.2 Å². The van der Waals surface area contributed by atoms with Crippen molar-refractivity contribution in [3.63, 3.8) is 0 Å². The summed E-state index contributed by atoms with van der Waals surface area (Å²) in [6.07, 6.45) is 1.69. The lowest BCUT2D eigenvalue weighted by Gasteiger charge is -2.01. The zero-order valence-electron chi connectivity index (χ0n) is 13.4. The molecule has 0 saturated carbocycles. The van der Waals surface area contributed by atoms with Crippen LogP contribution in [0.5, 0.6) is 0 Å². The Morgan fingerprint density at radius 1 is 1.08 bits per heavy atom. The van der Waals surface area contributed by atoms with Crippen LogP contribution in [0, 0.1) is 0 Å². The van der Waals surface area contributed by atoms with E-state index in [2.05, 4.69) is 36.4 Å². The summed E-state index contributed by atoms with van der Waals surface area (Å²) in [4.78, 5) is 4.53. The van der Waals surface area contributed by atoms with Crippen molar-refractivity contribution in [3.8, 4) is 11.5 Å². The third-order valence-corrected chi connectivity index (χ3v) is 5.90. The quantitative estimate of drug-likeness (QED) is 0.368. The standard InChI is InChI=1S/C18H13BrN4OS2/c19-13-7-4-8-14(9-13)21-17-22-23-18(26-17)25-11-15-10-24-16(20-15)12-5-2-1-3-6-12/h1-10H,11H2,(H,21,22). The van der Waals surface area contributed by atoms with Crippen LogP contribution in [-0.4, -0.2) is 15.2 Å². The van der Waals surface area contributed by atoms with E-state index in [1.807, 2.05) is 54.6 Å². The maximum Gasteiger partial charge on any atom is 0.226 e. The number of anilines is 2. The monoisotopic (exact) mass is 444 g/mol. The maximum atomic E-state index is 5.56. The van der Waals surface area contributed by atoms with Gasteiger partial charge in [0.2, 0.25) is 11.0 Å². The van der Waals surface area contributed by atoms with Gasteiger partial charge in [-0.15, -0.1) is 10.2 Å². The van der Waals surface area contributed by atoms with E-state index in [4.69, 9.17) is 4.42 Å². The minimum Gasteiger partial charge on any atom is -0.444 e. The summed E-state index contributed by atoms with van der Waals surface area (Å²) in [6, 6.07) is 17.8. The Morgan fingerprint density at radius 3 is 2.81 bits per heavy atom. The fourth-order valence-corrected chi connectivity index (χ4v) is 4.28. The highest BCUT2D eigenvalue weighted by Crippen LogP contribution is 2.30. The van der Waals surface area contributed by atoms with Gasteiger partial charge in [0.15, 0.2) is 4.34 Å². The second-order valence-corrected chi connectivity index (χ2v) is 8.42. The van der Waals surface area contributed by atoms with E-state index in [-0.39, 0.29) is 0 Å². The minimum atomic E-state index is 0.635. The molecule has 0 bridgehead atoms. The number of benzene rings is 2. The molecule has 0 aliphatic carbocycles. The largest absolute Gasteiger partial charge is 0.444 e. The second-order valence-electron chi connectivity index (χ2n) is 5.31. The molecule has 0 saturated heterocycles. The first-order chi connectivity index (χ1) is 12.8. The summed E-state index contributed by atoms with van der Waals surface area (Å²) in [7, 11) is 0. The highest BCUT2D eigenvalue weighted by molar-refractivity contribution is 9.10. The molecule has 0 unspecified atom stereocenters. The lowest BCUT2D eigenvalue weighted by Crippen LogP contribution is -1.88. The molecule has 26 heavy (non-hydrogen) atoms. The van der Waals surface area contributed by atoms with Crippen LogP contribution in [0.1, 0.15) is 5.69 Å². The smallest absolute Gasteiger partial charge is 0.226 e. The van der Waals surface area contributed by atoms with Gasteiger partial charge in [-0.05, 0) is 30.3 Å². The minimum absolute atomic E-state index is 0.635. The van der Waals surface area contributed by atoms with Crippen molar-refractivity contribution in [1.29, 1.82) is 0 Å². The molecule has 0 aliphatic heterocycles. The first kappa shape index (κ1) is 17.3. The van der Waals surface area contributed by atoms with E-state index < -0.39 is 0 Å². The molecule has 0 amide bonds. The number of halogens is 1. The highest BCUT2D eigenvalue weighted by atomic mass is 79.9. The van der Waals surface area contributed by atoms with Crippen LogP contribution in [0.15, 0.2) is 74.1 Å². The van der Waals surface area contributed by atoms with Crippen LogP contribution in [0.25, 0.3) is 11.5 Å². The fraction of sp³-hybridized carbons (Fsp3) is 0.0556. The molecule has 1 N–H and O–H groups in total. The Balaban J connectivity index is 1.37. The average molecular weight is 445 g/mol. The Bertz CT molecular complexity index is 1000. The molecule has 8 heteroatoms. The summed E-state index contributed by atoms with van der Waals surface area (Å²) in [5.41, 5.74) is 2.82. The molecule has 2 heterocycles. The maximum absolute atomic E-state index is 5.56. The number of hydrogen-bond donors (Lipinski definition) is 1. The zero-order chi connectivity index (χ0) is 17.8. The number of thioether (sulfide) groups is 1. The summed E-state index contributed by atoms with van der Waals surface area (Å²) < 4.78 is 7.46. The molecule has 2 aromatic carbocycles. The topological polar surface area (TPSA) is 63.8 Å². The Labute approximate surface area is 167 Å². The summed E-state index contributed by atoms with van der Waals surface area (Å²) in [6.45, 7) is 0. The van der Waals surface area contributed by atoms with Gasteiger partial charge in [-0.1, -0.05) is 63.3 Å². The zero-order valence-corrected chi connectivity index (χ0v) is 16.6. The SMILES string of the molecule is Brc1cccc(Nc2nnc(SCc3coc(-c4ccccc4)n3)s2)c1. The van der Waals surface area contributed by atoms with Crippen LogP contribution in [-0.2, 0) is 5.75 Å². The molecular formula is C18H13BrN4OS2. The van der Waals surface area contributed by atoms with Gasteiger partial charge in [-0.25, -0.2) is 4.98 Å². The first-order valence-corrected chi connectivity index (χ1v) is 10.3. The summed E-state index contributed by atoms with van der Waals surface area (Å²) in [5.74, 6) is 1.32. The van der Waals surface area contributed by atoms with Gasteiger partial charge in [0.25, 0.3) is 0 Å². The molecule has 0 aliphatic rings. The number of nitrogens with zero attached hydrogens (tertiary/aromatic N) is 3. The van der Waals surface area contributed by atoms with Crippen molar-refractivity contribution in [2.24, 2.45) is 0 Å². The van der Waals surface area contributed by atoms with Gasteiger partial charge in [-0.3, -0.25) is 0 Å². The van der Waals surface area contributed by atoms with Crippen molar-refractivity contribution >= 4 is 49.8 Å². The van der Waals surface area contributed by atoms with E-state index in [1.165, 1.54) is 11.3 Å². The van der Waals surface area contributed by atoms with Crippen molar-refractivity contribution in [2.75, 3.05) is 5.32 Å². The molecule has 0 atom stereocenters. The van der Waals surface area contributed by atoms with Crippen molar-refractivity contribution in [3.05, 3.63) is 71.0 Å². The van der Waals surface area contributed by atoms with Crippen molar-refractivity contribution < 1.29 is 4.42 Å². The Kier molecular flexibility index (Phi) is 5.33. The lowest BCUT2D eigenvalue weighted by atomic mass is 10.2. The molecular weight excluding hydrogens is 432 g/mol. The molecule has 5 nitrogen and oxygen atoms in total. The molecule has 4 rings (SSSR count). The lowest BCUT2D eigenvalue weighted by molar-refractivity contribution is 0.573. The van der Waals surface area contributed by atoms with Crippen LogP contribution >= 0.6 is 39.0 Å². The normalized spacial score (nSPS) is 10.8. The Morgan fingerprint density at radius 2 is 1.96 bits per heavy atom. The predicted octanol–water partition coefficient (Wildman–Crippen LogP) is 5.99. The number of oxazole rings is 1. The predicted molar refractivity (Wildman–Crippen MR) is 109 cm³/mol. The average Bonchev–Trinajstić information content (AvgIpc) is 3.30. The van der Waals surface area contributed by atoms with Gasteiger partial charge >= 0.3 is 0 Å². The molecule has 0 fully saturated rings. The molecule has 4 aromatic rings. The van der Waals surface area contributed by atoms with Gasteiger partial charge in [-0.2, -0.15) is 0 Å². The first-order valence-electron chi connectivity index (χ1n) is 7.75. The van der Waals surface area contributed by atoms with Gasteiger partial charge < -0.3 is 9.73 Å². The molecule has 0 spiro atoms. The number of hydrogen-bond acceptors (Lipinski definition) is 7. The summed E-state index contributed by atoms with van der Waals surface area (Å²) >= 11 is 6.56. The van der Waals surface area contributed by atoms with Gasteiger partial charge in [0, 0.05) is 21.5 Å². The van der Waals surface area contributed by atoms with Gasteiger partial charge in [0.05, 0.1) is 5.69 Å². The summed E-state index contributed by atoms with van der Waals surface area (Å²) in [5, 5.41) is 12.4. The van der Waals surface area contributed by atoms with Gasteiger partial charge in [0.1, 0.15) is 6.26 Å². The molecule has 130 valence electrons. The Hall–Kier alpha value is -2.16. The number of nitrogens with one attached hydrogen (secondary N) is 1. The van der Waals surface area contributed by atoms with Crippen LogP contribution in [0.2, 0.25) is 0 Å². The number of rotatable bonds is 6. The number of aromatic nitrogens is 3. The van der Waals surface area contributed by atoms with Crippen molar-refractivity contribution in [2.45, 2.75) is 10.1 Å². The third kappa shape index (κ3) is 4.32. The van der Waals surface area contributed by atoms with Crippen LogP contribution in [0.4, 0.5) is 10.8 Å². The fourth-order valence-electron chi connectivity index (χ4n) is 2.23. The third-order valence-electron chi connectivity index (χ3n) is 3.40. The van der Waals surface area contributed by atoms with E-state index in [0.717, 1.165) is 30.9 Å². The van der Waals surface area contributed by atoms with E-state index in [0.29, 0.717) is 11.6 Å².